The first-order chi connectivity index (χ1) is 15.3. The van der Waals surface area contributed by atoms with Crippen molar-refractivity contribution in [3.05, 3.63) is 88.4 Å². The summed E-state index contributed by atoms with van der Waals surface area (Å²) in [7, 11) is -3.94. The Hall–Kier alpha value is -2.19. The maximum absolute atomic E-state index is 13.3. The lowest BCUT2D eigenvalue weighted by Crippen LogP contribution is -2.41. The SMILES string of the molecule is Cc1ccc(S(=O)(=O)N(CC(=O)NCCSc2ccc(Cl)cc2)c2ccc(Cl)cc2)cc1. The van der Waals surface area contributed by atoms with Crippen molar-refractivity contribution in [3.63, 3.8) is 0 Å². The minimum absolute atomic E-state index is 0.115. The number of aryl methyl sites for hydroxylation is 1. The Morgan fingerprint density at radius 2 is 1.47 bits per heavy atom. The van der Waals surface area contributed by atoms with Gasteiger partial charge in [0.1, 0.15) is 6.54 Å². The molecule has 0 fully saturated rings. The number of nitrogens with zero attached hydrogens (tertiary/aromatic N) is 1. The molecular weight excluding hydrogens is 487 g/mol. The largest absolute Gasteiger partial charge is 0.354 e. The van der Waals surface area contributed by atoms with Crippen LogP contribution >= 0.6 is 35.0 Å². The first-order valence-corrected chi connectivity index (χ1v) is 12.9. The van der Waals surface area contributed by atoms with E-state index < -0.39 is 15.9 Å². The number of rotatable bonds is 9. The van der Waals surface area contributed by atoms with Crippen LogP contribution in [0.15, 0.2) is 82.6 Å². The van der Waals surface area contributed by atoms with E-state index in [1.165, 1.54) is 12.1 Å². The summed E-state index contributed by atoms with van der Waals surface area (Å²) in [4.78, 5) is 13.8. The van der Waals surface area contributed by atoms with Crippen LogP contribution in [0.2, 0.25) is 10.0 Å². The molecule has 0 saturated heterocycles. The van der Waals surface area contributed by atoms with Crippen LogP contribution in [-0.4, -0.2) is 33.2 Å². The van der Waals surface area contributed by atoms with Gasteiger partial charge in [0.05, 0.1) is 10.6 Å². The Labute approximate surface area is 202 Å². The summed E-state index contributed by atoms with van der Waals surface area (Å²) in [5.74, 6) is 0.242. The molecule has 3 rings (SSSR count). The fourth-order valence-electron chi connectivity index (χ4n) is 2.84. The third-order valence-corrected chi connectivity index (χ3v) is 7.82. The van der Waals surface area contributed by atoms with E-state index in [1.807, 2.05) is 31.2 Å². The number of halogens is 2. The van der Waals surface area contributed by atoms with Gasteiger partial charge < -0.3 is 5.32 Å². The molecule has 3 aromatic rings. The molecule has 5 nitrogen and oxygen atoms in total. The van der Waals surface area contributed by atoms with Gasteiger partial charge in [0.15, 0.2) is 0 Å². The van der Waals surface area contributed by atoms with Gasteiger partial charge in [-0.2, -0.15) is 0 Å². The van der Waals surface area contributed by atoms with Crippen molar-refractivity contribution in [1.82, 2.24) is 5.32 Å². The summed E-state index contributed by atoms with van der Waals surface area (Å²) >= 11 is 13.4. The summed E-state index contributed by atoms with van der Waals surface area (Å²) in [6.45, 7) is 1.93. The second-order valence-electron chi connectivity index (χ2n) is 6.95. The molecule has 0 bridgehead atoms. The van der Waals surface area contributed by atoms with E-state index in [-0.39, 0.29) is 11.4 Å². The molecule has 0 aliphatic rings. The number of carbonyl (C=O) groups is 1. The van der Waals surface area contributed by atoms with Gasteiger partial charge in [-0.25, -0.2) is 8.42 Å². The second kappa shape index (κ2) is 11.1. The molecule has 0 unspecified atom stereocenters. The van der Waals surface area contributed by atoms with E-state index in [2.05, 4.69) is 5.32 Å². The molecule has 0 saturated carbocycles. The second-order valence-corrected chi connectivity index (χ2v) is 10.9. The molecule has 0 aromatic heterocycles. The molecule has 3 aromatic carbocycles. The number of hydrogen-bond acceptors (Lipinski definition) is 4. The Balaban J connectivity index is 1.69. The zero-order valence-corrected chi connectivity index (χ0v) is 20.4. The van der Waals surface area contributed by atoms with Crippen molar-refractivity contribution in [2.75, 3.05) is 23.1 Å². The number of hydrogen-bond donors (Lipinski definition) is 1. The lowest BCUT2D eigenvalue weighted by molar-refractivity contribution is -0.119. The number of carbonyl (C=O) groups excluding carboxylic acids is 1. The number of anilines is 1. The lowest BCUT2D eigenvalue weighted by Gasteiger charge is -2.24. The van der Waals surface area contributed by atoms with Crippen LogP contribution < -0.4 is 9.62 Å². The molecule has 0 spiro atoms. The van der Waals surface area contributed by atoms with Crippen LogP contribution in [0.4, 0.5) is 5.69 Å². The fourth-order valence-corrected chi connectivity index (χ4v) is 5.28. The average molecular weight is 509 g/mol. The lowest BCUT2D eigenvalue weighted by atomic mass is 10.2. The van der Waals surface area contributed by atoms with E-state index >= 15 is 0 Å². The highest BCUT2D eigenvalue weighted by molar-refractivity contribution is 7.99. The molecule has 0 aliphatic heterocycles. The number of sulfonamides is 1. The number of nitrogens with one attached hydrogen (secondary N) is 1. The predicted octanol–water partition coefficient (Wildman–Crippen LogP) is 5.41. The standard InChI is InChI=1S/C23H22Cl2N2O3S2/c1-17-2-12-22(13-3-17)32(29,30)27(20-8-4-18(24)5-9-20)16-23(28)26-14-15-31-21-10-6-19(25)7-11-21/h2-13H,14-16H2,1H3,(H,26,28). The maximum atomic E-state index is 13.3. The molecule has 0 heterocycles. The first-order valence-electron chi connectivity index (χ1n) is 9.76. The highest BCUT2D eigenvalue weighted by atomic mass is 35.5. The van der Waals surface area contributed by atoms with Crippen molar-refractivity contribution < 1.29 is 13.2 Å². The van der Waals surface area contributed by atoms with Crippen LogP contribution in [0, 0.1) is 6.92 Å². The summed E-state index contributed by atoms with van der Waals surface area (Å²) in [6.07, 6.45) is 0. The van der Waals surface area contributed by atoms with Gasteiger partial charge in [-0.15, -0.1) is 11.8 Å². The van der Waals surface area contributed by atoms with E-state index in [0.29, 0.717) is 28.0 Å². The van der Waals surface area contributed by atoms with Gasteiger partial charge in [-0.1, -0.05) is 40.9 Å². The Morgan fingerprint density at radius 1 is 0.906 bits per heavy atom. The average Bonchev–Trinajstić information content (AvgIpc) is 2.77. The van der Waals surface area contributed by atoms with E-state index in [9.17, 15) is 13.2 Å². The Morgan fingerprint density at radius 3 is 2.06 bits per heavy atom. The van der Waals surface area contributed by atoms with Gasteiger partial charge in [0, 0.05) is 27.2 Å². The van der Waals surface area contributed by atoms with Crippen molar-refractivity contribution in [1.29, 1.82) is 0 Å². The first kappa shape index (κ1) is 24.5. The third kappa shape index (κ3) is 6.65. The molecule has 168 valence electrons. The van der Waals surface area contributed by atoms with Crippen molar-refractivity contribution in [2.24, 2.45) is 0 Å². The van der Waals surface area contributed by atoms with E-state index in [0.717, 1.165) is 14.8 Å². The summed E-state index contributed by atoms with van der Waals surface area (Å²) < 4.78 is 27.7. The number of thioether (sulfide) groups is 1. The Kier molecular flexibility index (Phi) is 8.48. The highest BCUT2D eigenvalue weighted by Gasteiger charge is 2.27. The zero-order valence-electron chi connectivity index (χ0n) is 17.3. The van der Waals surface area contributed by atoms with Gasteiger partial charge >= 0.3 is 0 Å². The molecule has 1 N–H and O–H groups in total. The van der Waals surface area contributed by atoms with E-state index in [4.69, 9.17) is 23.2 Å². The quantitative estimate of drug-likeness (QED) is 0.310. The molecule has 0 aliphatic carbocycles. The van der Waals surface area contributed by atoms with Gasteiger partial charge in [0.2, 0.25) is 5.91 Å². The Bertz CT molecular complexity index is 1150. The summed E-state index contributed by atoms with van der Waals surface area (Å²) in [5.41, 5.74) is 1.30. The minimum Gasteiger partial charge on any atom is -0.354 e. The minimum atomic E-state index is -3.94. The summed E-state index contributed by atoms with van der Waals surface area (Å²) in [5, 5.41) is 3.93. The zero-order chi connectivity index (χ0) is 23.1. The maximum Gasteiger partial charge on any atom is 0.264 e. The monoisotopic (exact) mass is 508 g/mol. The molecule has 9 heteroatoms. The van der Waals surface area contributed by atoms with Crippen LogP contribution in [0.3, 0.4) is 0 Å². The smallest absolute Gasteiger partial charge is 0.264 e. The number of benzene rings is 3. The molecule has 0 radical (unpaired) electrons. The highest BCUT2D eigenvalue weighted by Crippen LogP contribution is 2.25. The third-order valence-electron chi connectivity index (χ3n) is 4.52. The van der Waals surface area contributed by atoms with Crippen LogP contribution in [0.1, 0.15) is 5.56 Å². The van der Waals surface area contributed by atoms with Crippen LogP contribution in [0.5, 0.6) is 0 Å². The topological polar surface area (TPSA) is 66.5 Å². The predicted molar refractivity (Wildman–Crippen MR) is 132 cm³/mol. The number of amides is 1. The molecule has 0 atom stereocenters. The molecule has 1 amide bonds. The van der Waals surface area contributed by atoms with Gasteiger partial charge in [-0.05, 0) is 67.6 Å². The fraction of sp³-hybridized carbons (Fsp3) is 0.174. The molecular formula is C23H22Cl2N2O3S2. The molecule has 32 heavy (non-hydrogen) atoms. The van der Waals surface area contributed by atoms with E-state index in [1.54, 1.807) is 48.2 Å². The van der Waals surface area contributed by atoms with Gasteiger partial charge in [0.25, 0.3) is 10.0 Å². The van der Waals surface area contributed by atoms with Crippen molar-refractivity contribution in [2.45, 2.75) is 16.7 Å². The van der Waals surface area contributed by atoms with Gasteiger partial charge in [-0.3, -0.25) is 9.10 Å². The summed E-state index contributed by atoms with van der Waals surface area (Å²) in [6, 6.07) is 20.3. The normalized spacial score (nSPS) is 11.2. The van der Waals surface area contributed by atoms with Crippen LogP contribution in [0.25, 0.3) is 0 Å². The van der Waals surface area contributed by atoms with Crippen molar-refractivity contribution >= 4 is 56.6 Å². The van der Waals surface area contributed by atoms with Crippen molar-refractivity contribution in [3.8, 4) is 0 Å². The van der Waals surface area contributed by atoms with Crippen LogP contribution in [-0.2, 0) is 14.8 Å².